The van der Waals surface area contributed by atoms with E-state index in [0.717, 1.165) is 16.9 Å². The van der Waals surface area contributed by atoms with Gasteiger partial charge in [0.25, 0.3) is 0 Å². The summed E-state index contributed by atoms with van der Waals surface area (Å²) in [4.78, 5) is 0. The monoisotopic (exact) mass is 347 g/mol. The van der Waals surface area contributed by atoms with Gasteiger partial charge in [-0.2, -0.15) is 0 Å². The molecule has 0 saturated heterocycles. The highest BCUT2D eigenvalue weighted by atomic mass is 32.2. The SMILES string of the molecule is CCCS(=O)(=O)NCC(C)Oc1ccc(-c2ccc(C)cc2)cc1. The zero-order valence-electron chi connectivity index (χ0n) is 14.5. The van der Waals surface area contributed by atoms with Gasteiger partial charge in [0.1, 0.15) is 11.9 Å². The molecule has 0 aliphatic heterocycles. The van der Waals surface area contributed by atoms with Gasteiger partial charge >= 0.3 is 0 Å². The third-order valence-electron chi connectivity index (χ3n) is 3.64. The molecule has 0 amide bonds. The van der Waals surface area contributed by atoms with Gasteiger partial charge in [-0.1, -0.05) is 48.9 Å². The molecule has 0 aromatic heterocycles. The Kier molecular flexibility index (Phi) is 6.40. The van der Waals surface area contributed by atoms with Gasteiger partial charge in [0.05, 0.1) is 5.75 Å². The summed E-state index contributed by atoms with van der Waals surface area (Å²) >= 11 is 0. The third kappa shape index (κ3) is 5.65. The molecule has 0 aliphatic carbocycles. The zero-order valence-corrected chi connectivity index (χ0v) is 15.3. The van der Waals surface area contributed by atoms with Crippen LogP contribution in [-0.2, 0) is 10.0 Å². The Morgan fingerprint density at radius 1 is 1.00 bits per heavy atom. The third-order valence-corrected chi connectivity index (χ3v) is 5.19. The van der Waals surface area contributed by atoms with Crippen molar-refractivity contribution in [2.75, 3.05) is 12.3 Å². The van der Waals surface area contributed by atoms with Crippen LogP contribution >= 0.6 is 0 Å². The molecule has 1 N–H and O–H groups in total. The topological polar surface area (TPSA) is 55.4 Å². The fraction of sp³-hybridized carbons (Fsp3) is 0.368. The number of sulfonamides is 1. The molecule has 130 valence electrons. The fourth-order valence-electron chi connectivity index (χ4n) is 2.33. The minimum Gasteiger partial charge on any atom is -0.489 e. The van der Waals surface area contributed by atoms with Crippen LogP contribution in [0.2, 0.25) is 0 Å². The summed E-state index contributed by atoms with van der Waals surface area (Å²) in [5.74, 6) is 0.873. The van der Waals surface area contributed by atoms with Gasteiger partial charge < -0.3 is 4.74 Å². The summed E-state index contributed by atoms with van der Waals surface area (Å²) in [5, 5.41) is 0. The number of benzene rings is 2. The number of aryl methyl sites for hydroxylation is 1. The molecule has 0 spiro atoms. The Hall–Kier alpha value is -1.85. The van der Waals surface area contributed by atoms with Crippen LogP contribution in [0.1, 0.15) is 25.8 Å². The quantitative estimate of drug-likeness (QED) is 0.791. The standard InChI is InChI=1S/C19H25NO3S/c1-4-13-24(21,22)20-14-16(3)23-19-11-9-18(10-12-19)17-7-5-15(2)6-8-17/h5-12,16,20H,4,13-14H2,1-3H3. The van der Waals surface area contributed by atoms with Crippen LogP contribution in [0.4, 0.5) is 0 Å². The van der Waals surface area contributed by atoms with Crippen molar-refractivity contribution < 1.29 is 13.2 Å². The van der Waals surface area contributed by atoms with E-state index in [1.54, 1.807) is 0 Å². The summed E-state index contributed by atoms with van der Waals surface area (Å²) in [6.07, 6.45) is 0.368. The lowest BCUT2D eigenvalue weighted by atomic mass is 10.0. The van der Waals surface area contributed by atoms with Crippen LogP contribution in [0.3, 0.4) is 0 Å². The molecule has 1 unspecified atom stereocenters. The highest BCUT2D eigenvalue weighted by Crippen LogP contribution is 2.23. The fourth-order valence-corrected chi connectivity index (χ4v) is 3.50. The van der Waals surface area contributed by atoms with Crippen molar-refractivity contribution in [1.82, 2.24) is 4.72 Å². The largest absolute Gasteiger partial charge is 0.489 e. The average Bonchev–Trinajstić information content (AvgIpc) is 2.55. The van der Waals surface area contributed by atoms with Gasteiger partial charge in [0, 0.05) is 6.54 Å². The molecule has 0 heterocycles. The first-order valence-electron chi connectivity index (χ1n) is 8.20. The number of hydrogen-bond acceptors (Lipinski definition) is 3. The van der Waals surface area contributed by atoms with Gasteiger partial charge in [-0.15, -0.1) is 0 Å². The minimum absolute atomic E-state index is 0.144. The summed E-state index contributed by atoms with van der Waals surface area (Å²) < 4.78 is 31.6. The molecule has 0 saturated carbocycles. The molecular formula is C19H25NO3S. The van der Waals surface area contributed by atoms with Crippen molar-refractivity contribution in [2.45, 2.75) is 33.3 Å². The lowest BCUT2D eigenvalue weighted by Crippen LogP contribution is -2.34. The summed E-state index contributed by atoms with van der Waals surface area (Å²) in [7, 11) is -3.20. The molecule has 5 heteroatoms. The molecule has 1 atom stereocenters. The number of ether oxygens (including phenoxy) is 1. The molecule has 4 nitrogen and oxygen atoms in total. The summed E-state index contributed by atoms with van der Waals surface area (Å²) in [6.45, 7) is 6.02. The van der Waals surface area contributed by atoms with E-state index in [2.05, 4.69) is 35.9 Å². The summed E-state index contributed by atoms with van der Waals surface area (Å²) in [6, 6.07) is 16.2. The normalized spacial score (nSPS) is 12.8. The molecule has 24 heavy (non-hydrogen) atoms. The molecule has 2 aromatic carbocycles. The Morgan fingerprint density at radius 3 is 2.08 bits per heavy atom. The van der Waals surface area contributed by atoms with Crippen LogP contribution in [0.25, 0.3) is 11.1 Å². The van der Waals surface area contributed by atoms with Gasteiger partial charge in [0.15, 0.2) is 0 Å². The second kappa shape index (κ2) is 8.31. The molecule has 0 radical (unpaired) electrons. The maximum atomic E-state index is 11.6. The summed E-state index contributed by atoms with van der Waals surface area (Å²) in [5.41, 5.74) is 3.52. The zero-order chi connectivity index (χ0) is 17.6. The van der Waals surface area contributed by atoms with Crippen LogP contribution in [0.15, 0.2) is 48.5 Å². The predicted molar refractivity (Wildman–Crippen MR) is 98.8 cm³/mol. The van der Waals surface area contributed by atoms with Crippen molar-refractivity contribution in [3.05, 3.63) is 54.1 Å². The Morgan fingerprint density at radius 2 is 1.54 bits per heavy atom. The first-order valence-corrected chi connectivity index (χ1v) is 9.86. The van der Waals surface area contributed by atoms with E-state index in [1.807, 2.05) is 38.1 Å². The molecule has 2 rings (SSSR count). The van der Waals surface area contributed by atoms with Gasteiger partial charge in [0.2, 0.25) is 10.0 Å². The van der Waals surface area contributed by atoms with Crippen molar-refractivity contribution in [3.8, 4) is 16.9 Å². The van der Waals surface area contributed by atoms with Crippen LogP contribution in [-0.4, -0.2) is 26.8 Å². The average molecular weight is 347 g/mol. The van der Waals surface area contributed by atoms with Crippen LogP contribution in [0.5, 0.6) is 5.75 Å². The first kappa shape index (κ1) is 18.5. The minimum atomic E-state index is -3.20. The van der Waals surface area contributed by atoms with Gasteiger partial charge in [-0.05, 0) is 43.5 Å². The van der Waals surface area contributed by atoms with E-state index in [9.17, 15) is 8.42 Å². The van der Waals surface area contributed by atoms with Crippen molar-refractivity contribution in [1.29, 1.82) is 0 Å². The second-order valence-corrected chi connectivity index (χ2v) is 7.91. The van der Waals surface area contributed by atoms with E-state index in [1.165, 1.54) is 5.56 Å². The molecule has 0 bridgehead atoms. The number of nitrogens with one attached hydrogen (secondary N) is 1. The first-order chi connectivity index (χ1) is 11.4. The van der Waals surface area contributed by atoms with Gasteiger partial charge in [-0.25, -0.2) is 13.1 Å². The van der Waals surface area contributed by atoms with Crippen molar-refractivity contribution >= 4 is 10.0 Å². The number of hydrogen-bond donors (Lipinski definition) is 1. The smallest absolute Gasteiger partial charge is 0.211 e. The Bertz CT molecular complexity index is 737. The van der Waals surface area contributed by atoms with Crippen molar-refractivity contribution in [2.24, 2.45) is 0 Å². The van der Waals surface area contributed by atoms with E-state index in [-0.39, 0.29) is 18.4 Å². The molecular weight excluding hydrogens is 322 g/mol. The second-order valence-electron chi connectivity index (χ2n) is 5.99. The van der Waals surface area contributed by atoms with Crippen LogP contribution in [0, 0.1) is 6.92 Å². The lowest BCUT2D eigenvalue weighted by Gasteiger charge is -2.16. The van der Waals surface area contributed by atoms with E-state index in [0.29, 0.717) is 6.42 Å². The van der Waals surface area contributed by atoms with E-state index >= 15 is 0 Å². The molecule has 0 aliphatic rings. The van der Waals surface area contributed by atoms with Crippen molar-refractivity contribution in [3.63, 3.8) is 0 Å². The Labute approximate surface area is 144 Å². The highest BCUT2D eigenvalue weighted by Gasteiger charge is 2.11. The predicted octanol–water partition coefficient (Wildman–Crippen LogP) is 3.76. The Balaban J connectivity index is 1.92. The molecule has 2 aromatic rings. The van der Waals surface area contributed by atoms with E-state index in [4.69, 9.17) is 4.74 Å². The van der Waals surface area contributed by atoms with Gasteiger partial charge in [-0.3, -0.25) is 0 Å². The maximum absolute atomic E-state index is 11.6. The van der Waals surface area contributed by atoms with Crippen LogP contribution < -0.4 is 9.46 Å². The lowest BCUT2D eigenvalue weighted by molar-refractivity contribution is 0.225. The molecule has 0 fully saturated rings. The highest BCUT2D eigenvalue weighted by molar-refractivity contribution is 7.89. The maximum Gasteiger partial charge on any atom is 0.211 e. The number of rotatable bonds is 8. The van der Waals surface area contributed by atoms with E-state index < -0.39 is 10.0 Å².